The molecule has 0 saturated heterocycles. The van der Waals surface area contributed by atoms with E-state index in [4.69, 9.17) is 25.8 Å². The summed E-state index contributed by atoms with van der Waals surface area (Å²) in [6, 6.07) is 13.6. The number of hydrogen-bond donors (Lipinski definition) is 1. The van der Waals surface area contributed by atoms with Crippen molar-refractivity contribution in [2.24, 2.45) is 0 Å². The van der Waals surface area contributed by atoms with Crippen LogP contribution in [-0.2, 0) is 17.9 Å². The van der Waals surface area contributed by atoms with Crippen molar-refractivity contribution < 1.29 is 14.2 Å². The highest BCUT2D eigenvalue weighted by Gasteiger charge is 2.10. The van der Waals surface area contributed by atoms with Crippen LogP contribution in [0.15, 0.2) is 42.5 Å². The molecule has 0 heterocycles. The van der Waals surface area contributed by atoms with Crippen LogP contribution in [0.1, 0.15) is 24.5 Å². The van der Waals surface area contributed by atoms with E-state index in [-0.39, 0.29) is 0 Å². The molecule has 0 bridgehead atoms. The van der Waals surface area contributed by atoms with Gasteiger partial charge in [0.25, 0.3) is 0 Å². The number of ether oxygens (including phenoxy) is 3. The van der Waals surface area contributed by atoms with Crippen molar-refractivity contribution in [2.45, 2.75) is 26.5 Å². The molecule has 0 aliphatic heterocycles. The molecule has 0 amide bonds. The molecule has 4 nitrogen and oxygen atoms in total. The standard InChI is InChI=1S/C20H26ClNO3/c1-3-24-13-5-12-22-14-17-6-4-7-19(23-2)20(17)25-15-16-8-10-18(21)11-9-16/h4,6-11,22H,3,5,12-15H2,1-2H3. The van der Waals surface area contributed by atoms with Crippen LogP contribution in [0.3, 0.4) is 0 Å². The lowest BCUT2D eigenvalue weighted by molar-refractivity contribution is 0.144. The molecule has 5 heteroatoms. The molecule has 2 rings (SSSR count). The third-order valence-electron chi connectivity index (χ3n) is 3.74. The molecule has 0 unspecified atom stereocenters. The first-order chi connectivity index (χ1) is 12.2. The molecular formula is C20H26ClNO3. The zero-order valence-electron chi connectivity index (χ0n) is 14.9. The fourth-order valence-corrected chi connectivity index (χ4v) is 2.55. The van der Waals surface area contributed by atoms with Crippen molar-refractivity contribution in [3.63, 3.8) is 0 Å². The molecule has 0 saturated carbocycles. The maximum atomic E-state index is 6.05. The molecule has 25 heavy (non-hydrogen) atoms. The first kappa shape index (κ1) is 19.6. The maximum absolute atomic E-state index is 6.05. The van der Waals surface area contributed by atoms with Gasteiger partial charge in [0.05, 0.1) is 7.11 Å². The summed E-state index contributed by atoms with van der Waals surface area (Å²) >= 11 is 5.93. The second-order valence-electron chi connectivity index (χ2n) is 5.59. The minimum absolute atomic E-state index is 0.467. The molecule has 136 valence electrons. The van der Waals surface area contributed by atoms with Crippen LogP contribution in [0, 0.1) is 0 Å². The molecule has 0 spiro atoms. The topological polar surface area (TPSA) is 39.7 Å². The fraction of sp³-hybridized carbons (Fsp3) is 0.400. The van der Waals surface area contributed by atoms with Gasteiger partial charge in [0.1, 0.15) is 6.61 Å². The Morgan fingerprint density at radius 2 is 1.88 bits per heavy atom. The minimum Gasteiger partial charge on any atom is -0.493 e. The zero-order chi connectivity index (χ0) is 17.9. The number of nitrogens with one attached hydrogen (secondary N) is 1. The van der Waals surface area contributed by atoms with Crippen LogP contribution in [0.5, 0.6) is 11.5 Å². The van der Waals surface area contributed by atoms with Gasteiger partial charge in [-0.05, 0) is 43.7 Å². The smallest absolute Gasteiger partial charge is 0.166 e. The SMILES string of the molecule is CCOCCCNCc1cccc(OC)c1OCc1ccc(Cl)cc1. The number of rotatable bonds is 11. The lowest BCUT2D eigenvalue weighted by Gasteiger charge is -2.16. The molecule has 2 aromatic rings. The van der Waals surface area contributed by atoms with Gasteiger partial charge in [0.15, 0.2) is 11.5 Å². The normalized spacial score (nSPS) is 10.7. The van der Waals surface area contributed by atoms with Crippen molar-refractivity contribution in [1.82, 2.24) is 5.32 Å². The monoisotopic (exact) mass is 363 g/mol. The van der Waals surface area contributed by atoms with Crippen LogP contribution in [0.4, 0.5) is 0 Å². The van der Waals surface area contributed by atoms with Gasteiger partial charge in [-0.3, -0.25) is 0 Å². The summed E-state index contributed by atoms with van der Waals surface area (Å²) in [6.45, 7) is 5.63. The van der Waals surface area contributed by atoms with Crippen molar-refractivity contribution in [1.29, 1.82) is 0 Å². The largest absolute Gasteiger partial charge is 0.493 e. The highest BCUT2D eigenvalue weighted by atomic mass is 35.5. The van der Waals surface area contributed by atoms with Crippen LogP contribution >= 0.6 is 11.6 Å². The van der Waals surface area contributed by atoms with Gasteiger partial charge < -0.3 is 19.5 Å². The highest BCUT2D eigenvalue weighted by molar-refractivity contribution is 6.30. The number of hydrogen-bond acceptors (Lipinski definition) is 4. The van der Waals surface area contributed by atoms with Gasteiger partial charge >= 0.3 is 0 Å². The minimum atomic E-state index is 0.467. The predicted octanol–water partition coefficient (Wildman–Crippen LogP) is 4.44. The van der Waals surface area contributed by atoms with Gasteiger partial charge in [-0.25, -0.2) is 0 Å². The zero-order valence-corrected chi connectivity index (χ0v) is 15.6. The summed E-state index contributed by atoms with van der Waals surface area (Å²) in [5.41, 5.74) is 2.13. The summed E-state index contributed by atoms with van der Waals surface area (Å²) in [5.74, 6) is 1.51. The van der Waals surface area contributed by atoms with Gasteiger partial charge in [-0.1, -0.05) is 35.9 Å². The van der Waals surface area contributed by atoms with Gasteiger partial charge in [-0.15, -0.1) is 0 Å². The van der Waals surface area contributed by atoms with E-state index < -0.39 is 0 Å². The van der Waals surface area contributed by atoms with E-state index in [2.05, 4.69) is 11.4 Å². The second-order valence-corrected chi connectivity index (χ2v) is 6.03. The summed E-state index contributed by atoms with van der Waals surface area (Å²) in [5, 5.41) is 4.15. The first-order valence-corrected chi connectivity index (χ1v) is 8.94. The molecule has 0 aliphatic rings. The quantitative estimate of drug-likeness (QED) is 0.599. The Balaban J connectivity index is 1.96. The molecule has 1 N–H and O–H groups in total. The molecule has 0 radical (unpaired) electrons. The van der Waals surface area contributed by atoms with Crippen molar-refractivity contribution in [3.05, 3.63) is 58.6 Å². The average molecular weight is 364 g/mol. The van der Waals surface area contributed by atoms with Gasteiger partial charge in [0.2, 0.25) is 0 Å². The number of halogens is 1. The van der Waals surface area contributed by atoms with Crippen molar-refractivity contribution in [2.75, 3.05) is 26.9 Å². The number of methoxy groups -OCH3 is 1. The van der Waals surface area contributed by atoms with Crippen molar-refractivity contribution >= 4 is 11.6 Å². The Kier molecular flexibility index (Phi) is 8.60. The Bertz CT molecular complexity index is 631. The molecule has 0 atom stereocenters. The lowest BCUT2D eigenvalue weighted by Crippen LogP contribution is -2.17. The van der Waals surface area contributed by atoms with E-state index in [1.54, 1.807) is 7.11 Å². The third kappa shape index (κ3) is 6.58. The molecular weight excluding hydrogens is 338 g/mol. The summed E-state index contributed by atoms with van der Waals surface area (Å²) < 4.78 is 16.9. The highest BCUT2D eigenvalue weighted by Crippen LogP contribution is 2.31. The van der Waals surface area contributed by atoms with E-state index in [0.29, 0.717) is 6.61 Å². The lowest BCUT2D eigenvalue weighted by atomic mass is 10.1. The van der Waals surface area contributed by atoms with E-state index >= 15 is 0 Å². The summed E-state index contributed by atoms with van der Waals surface area (Å²) in [6.07, 6.45) is 0.985. The Morgan fingerprint density at radius 3 is 2.60 bits per heavy atom. The first-order valence-electron chi connectivity index (χ1n) is 8.56. The van der Waals surface area contributed by atoms with E-state index in [1.807, 2.05) is 43.3 Å². The second kappa shape index (κ2) is 11.0. The van der Waals surface area contributed by atoms with Crippen LogP contribution in [0.25, 0.3) is 0 Å². The molecule has 2 aromatic carbocycles. The van der Waals surface area contributed by atoms with Gasteiger partial charge in [-0.2, -0.15) is 0 Å². The molecule has 0 fully saturated rings. The Labute approximate surface area is 155 Å². The molecule has 0 aromatic heterocycles. The predicted molar refractivity (Wildman–Crippen MR) is 102 cm³/mol. The third-order valence-corrected chi connectivity index (χ3v) is 3.99. The van der Waals surface area contributed by atoms with E-state index in [0.717, 1.165) is 60.4 Å². The maximum Gasteiger partial charge on any atom is 0.166 e. The fourth-order valence-electron chi connectivity index (χ4n) is 2.43. The van der Waals surface area contributed by atoms with Crippen LogP contribution < -0.4 is 14.8 Å². The number of benzene rings is 2. The van der Waals surface area contributed by atoms with E-state index in [9.17, 15) is 0 Å². The average Bonchev–Trinajstić information content (AvgIpc) is 2.64. The van der Waals surface area contributed by atoms with E-state index in [1.165, 1.54) is 0 Å². The van der Waals surface area contributed by atoms with Crippen LogP contribution in [-0.4, -0.2) is 26.9 Å². The van der Waals surface area contributed by atoms with Crippen LogP contribution in [0.2, 0.25) is 5.02 Å². The Morgan fingerprint density at radius 1 is 1.08 bits per heavy atom. The summed E-state index contributed by atoms with van der Waals surface area (Å²) in [7, 11) is 1.66. The number of para-hydroxylation sites is 1. The molecule has 0 aliphatic carbocycles. The summed E-state index contributed by atoms with van der Waals surface area (Å²) in [4.78, 5) is 0. The Hall–Kier alpha value is -1.75. The van der Waals surface area contributed by atoms with Crippen molar-refractivity contribution in [3.8, 4) is 11.5 Å². The van der Waals surface area contributed by atoms with Gasteiger partial charge in [0, 0.05) is 30.3 Å².